The summed E-state index contributed by atoms with van der Waals surface area (Å²) in [5, 5.41) is 22.9. The van der Waals surface area contributed by atoms with Crippen molar-refractivity contribution in [2.24, 2.45) is 0 Å². The lowest BCUT2D eigenvalue weighted by molar-refractivity contribution is 0.668. The average Bonchev–Trinajstić information content (AvgIpc) is 3.86. The summed E-state index contributed by atoms with van der Waals surface area (Å²) in [5.41, 5.74) is 13.5. The van der Waals surface area contributed by atoms with Crippen LogP contribution in [0.4, 0.5) is 28.4 Å². The van der Waals surface area contributed by atoms with Crippen LogP contribution in [0.5, 0.6) is 0 Å². The van der Waals surface area contributed by atoms with E-state index in [2.05, 4.69) is 112 Å². The smallest absolute Gasteiger partial charge is 0.190 e. The van der Waals surface area contributed by atoms with Gasteiger partial charge in [-0.3, -0.25) is 0 Å². The molecule has 0 aliphatic rings. The number of furan rings is 2. The lowest BCUT2D eigenvalue weighted by Crippen LogP contribution is -2.09. The van der Waals surface area contributed by atoms with Crippen LogP contribution in [-0.2, 0) is 0 Å². The Morgan fingerprint density at radius 3 is 1.29 bits per heavy atom. The molecule has 10 rings (SSSR count). The summed E-state index contributed by atoms with van der Waals surface area (Å²) in [6, 6.07) is 58.0. The van der Waals surface area contributed by atoms with Gasteiger partial charge in [-0.25, -0.2) is 9.69 Å². The third-order valence-electron chi connectivity index (χ3n) is 10.7. The van der Waals surface area contributed by atoms with Gasteiger partial charge in [0.25, 0.3) is 0 Å². The van der Waals surface area contributed by atoms with Gasteiger partial charge in [0.15, 0.2) is 11.4 Å². The molecule has 0 saturated carbocycles. The van der Waals surface area contributed by atoms with Crippen molar-refractivity contribution in [3.05, 3.63) is 198 Å². The van der Waals surface area contributed by atoms with E-state index in [0.29, 0.717) is 33.7 Å². The van der Waals surface area contributed by atoms with Crippen LogP contribution >= 0.6 is 0 Å². The van der Waals surface area contributed by atoms with Gasteiger partial charge in [0, 0.05) is 44.2 Å². The number of rotatable bonds is 6. The Bertz CT molecular complexity index is 3270. The van der Waals surface area contributed by atoms with Crippen LogP contribution in [-0.4, -0.2) is 0 Å². The van der Waals surface area contributed by atoms with Gasteiger partial charge in [0.1, 0.15) is 22.3 Å². The van der Waals surface area contributed by atoms with E-state index in [9.17, 15) is 10.5 Å². The van der Waals surface area contributed by atoms with Gasteiger partial charge in [-0.1, -0.05) is 60.7 Å². The number of anilines is 3. The van der Waals surface area contributed by atoms with Crippen molar-refractivity contribution >= 4 is 72.3 Å². The average molecular weight is 754 g/mol. The first-order chi connectivity index (χ1) is 29.0. The highest BCUT2D eigenvalue weighted by atomic mass is 16.3. The minimum Gasteiger partial charge on any atom is -0.457 e. The Kier molecular flexibility index (Phi) is 8.21. The Balaban J connectivity index is 1.01. The molecule has 10 aromatic rings. The predicted octanol–water partition coefficient (Wildman–Crippen LogP) is 14.8. The van der Waals surface area contributed by atoms with Gasteiger partial charge >= 0.3 is 0 Å². The fourth-order valence-electron chi connectivity index (χ4n) is 7.80. The second-order valence-corrected chi connectivity index (χ2v) is 14.2. The SMILES string of the molecule is [C-]#[N+]c1cc(C#N)cc(-c2ccc(N(c3ccc(-c4ccc5c(c4)oc4cc(C#N)ccc45)cc3)c3ccc(-c4ccc5c(c4)oc4cc([N+]#[C-])ccc45)cc3)cc2)c1. The summed E-state index contributed by atoms with van der Waals surface area (Å²) in [4.78, 5) is 9.31. The molecule has 59 heavy (non-hydrogen) atoms. The predicted molar refractivity (Wildman–Crippen MR) is 234 cm³/mol. The Morgan fingerprint density at radius 2 is 0.797 bits per heavy atom. The summed E-state index contributed by atoms with van der Waals surface area (Å²) in [6.07, 6.45) is 0. The highest BCUT2D eigenvalue weighted by molar-refractivity contribution is 6.07. The summed E-state index contributed by atoms with van der Waals surface area (Å²) in [7, 11) is 0. The van der Waals surface area contributed by atoms with Gasteiger partial charge in [0.05, 0.1) is 30.8 Å². The van der Waals surface area contributed by atoms with Gasteiger partial charge in [-0.05, 0) is 137 Å². The van der Waals surface area contributed by atoms with Crippen LogP contribution < -0.4 is 4.90 Å². The van der Waals surface area contributed by atoms with Crippen LogP contribution in [0.2, 0.25) is 0 Å². The molecule has 0 aliphatic carbocycles. The quantitative estimate of drug-likeness (QED) is 0.158. The van der Waals surface area contributed by atoms with Crippen LogP contribution in [0, 0.1) is 35.8 Å². The van der Waals surface area contributed by atoms with E-state index in [1.807, 2.05) is 48.5 Å². The number of nitrogens with zero attached hydrogens (tertiary/aromatic N) is 5. The molecule has 0 atom stereocenters. The molecule has 0 aliphatic heterocycles. The molecular formula is C52H27N5O2. The molecule has 2 aromatic heterocycles. The summed E-state index contributed by atoms with van der Waals surface area (Å²) in [5.74, 6) is 0. The minimum absolute atomic E-state index is 0.422. The zero-order chi connectivity index (χ0) is 40.0. The number of hydrogen-bond donors (Lipinski definition) is 0. The molecule has 0 saturated heterocycles. The maximum absolute atomic E-state index is 9.58. The van der Waals surface area contributed by atoms with Crippen molar-refractivity contribution in [1.29, 1.82) is 10.5 Å². The molecule has 272 valence electrons. The largest absolute Gasteiger partial charge is 0.457 e. The molecule has 0 fully saturated rings. The number of fused-ring (bicyclic) bond motifs is 6. The van der Waals surface area contributed by atoms with Gasteiger partial charge in [0.2, 0.25) is 0 Å². The van der Waals surface area contributed by atoms with Crippen molar-refractivity contribution in [3.8, 4) is 45.5 Å². The molecule has 0 spiro atoms. The highest BCUT2D eigenvalue weighted by Gasteiger charge is 2.16. The number of nitriles is 2. The lowest BCUT2D eigenvalue weighted by Gasteiger charge is -2.26. The monoisotopic (exact) mass is 753 g/mol. The normalized spacial score (nSPS) is 11.0. The highest BCUT2D eigenvalue weighted by Crippen LogP contribution is 2.40. The van der Waals surface area contributed by atoms with Gasteiger partial charge < -0.3 is 13.7 Å². The second-order valence-electron chi connectivity index (χ2n) is 14.2. The maximum Gasteiger partial charge on any atom is 0.190 e. The molecule has 0 bridgehead atoms. The molecule has 2 heterocycles. The fraction of sp³-hybridized carbons (Fsp3) is 0. The van der Waals surface area contributed by atoms with Crippen LogP contribution in [0.25, 0.3) is 86.9 Å². The summed E-state index contributed by atoms with van der Waals surface area (Å²) in [6.45, 7) is 14.9. The van der Waals surface area contributed by atoms with Crippen LogP contribution in [0.15, 0.2) is 173 Å². The first kappa shape index (κ1) is 34.6. The van der Waals surface area contributed by atoms with E-state index >= 15 is 0 Å². The Labute approximate surface area is 338 Å². The Morgan fingerprint density at radius 1 is 0.373 bits per heavy atom. The van der Waals surface area contributed by atoms with E-state index in [1.165, 1.54) is 0 Å². The molecule has 0 unspecified atom stereocenters. The van der Waals surface area contributed by atoms with E-state index in [0.717, 1.165) is 83.2 Å². The first-order valence-corrected chi connectivity index (χ1v) is 18.7. The van der Waals surface area contributed by atoms with Crippen molar-refractivity contribution in [2.75, 3.05) is 4.90 Å². The van der Waals surface area contributed by atoms with Crippen LogP contribution in [0.3, 0.4) is 0 Å². The van der Waals surface area contributed by atoms with E-state index in [1.54, 1.807) is 30.3 Å². The topological polar surface area (TPSA) is 85.8 Å². The minimum atomic E-state index is 0.422. The zero-order valence-electron chi connectivity index (χ0n) is 31.1. The van der Waals surface area contributed by atoms with E-state index < -0.39 is 0 Å². The molecule has 0 N–H and O–H groups in total. The molecule has 7 nitrogen and oxygen atoms in total. The molecule has 0 radical (unpaired) electrons. The lowest BCUT2D eigenvalue weighted by atomic mass is 10.0. The third kappa shape index (κ3) is 6.15. The Hall–Kier alpha value is -8.88. The second kappa shape index (κ2) is 14.0. The maximum atomic E-state index is 9.58. The van der Waals surface area contributed by atoms with E-state index in [4.69, 9.17) is 22.0 Å². The molecular weight excluding hydrogens is 727 g/mol. The molecule has 8 aromatic carbocycles. The third-order valence-corrected chi connectivity index (χ3v) is 10.7. The van der Waals surface area contributed by atoms with Gasteiger partial charge in [-0.2, -0.15) is 10.5 Å². The number of benzene rings is 8. The van der Waals surface area contributed by atoms with Crippen molar-refractivity contribution < 1.29 is 8.83 Å². The van der Waals surface area contributed by atoms with Crippen LogP contribution in [0.1, 0.15) is 11.1 Å². The summed E-state index contributed by atoms with van der Waals surface area (Å²) < 4.78 is 12.4. The first-order valence-electron chi connectivity index (χ1n) is 18.7. The van der Waals surface area contributed by atoms with E-state index in [-0.39, 0.29) is 0 Å². The van der Waals surface area contributed by atoms with Crippen molar-refractivity contribution in [2.45, 2.75) is 0 Å². The zero-order valence-corrected chi connectivity index (χ0v) is 31.1. The van der Waals surface area contributed by atoms with Crippen molar-refractivity contribution in [3.63, 3.8) is 0 Å². The number of hydrogen-bond acceptors (Lipinski definition) is 5. The summed E-state index contributed by atoms with van der Waals surface area (Å²) >= 11 is 0. The standard InChI is InChI=1S/C52H27N5O2/c1-55-40-12-22-48-47-21-11-38(28-51(47)59-52(48)29-40)35-6-15-43(16-7-35)57(44-17-8-36(9-18-44)39-23-33(31-54)24-41(26-39)56-2)42-13-4-34(5-14-42)37-10-20-46-45-19-3-32(30-53)25-49(45)58-50(46)27-37/h3-29H. The van der Waals surface area contributed by atoms with Crippen molar-refractivity contribution in [1.82, 2.24) is 0 Å². The fourth-order valence-corrected chi connectivity index (χ4v) is 7.80. The molecule has 0 amide bonds. The molecule has 7 heteroatoms. The van der Waals surface area contributed by atoms with Gasteiger partial charge in [-0.15, -0.1) is 0 Å².